The van der Waals surface area contributed by atoms with E-state index in [1.807, 2.05) is 46.8 Å². The molecule has 2 aromatic carbocycles. The third-order valence-corrected chi connectivity index (χ3v) is 6.41. The van der Waals surface area contributed by atoms with E-state index in [1.54, 1.807) is 14.2 Å². The van der Waals surface area contributed by atoms with Gasteiger partial charge >= 0.3 is 0 Å². The van der Waals surface area contributed by atoms with E-state index in [1.165, 1.54) is 5.56 Å². The van der Waals surface area contributed by atoms with Crippen molar-refractivity contribution in [3.05, 3.63) is 65.9 Å². The largest absolute Gasteiger partial charge is 0.497 e. The number of methoxy groups -OCH3 is 2. The number of carbonyl (C=O) groups excluding carboxylic acids is 1. The molecular weight excluding hydrogens is 416 g/mol. The minimum absolute atomic E-state index is 0.0251. The number of benzene rings is 2. The summed E-state index contributed by atoms with van der Waals surface area (Å²) in [7, 11) is 3.26. The highest BCUT2D eigenvalue weighted by atomic mass is 16.5. The molecule has 2 heterocycles. The van der Waals surface area contributed by atoms with Gasteiger partial charge in [0.25, 0.3) is 5.91 Å². The lowest BCUT2D eigenvalue weighted by molar-refractivity contribution is 0.0576. The molecule has 4 rings (SSSR count). The zero-order valence-electron chi connectivity index (χ0n) is 19.8. The molecule has 0 aliphatic carbocycles. The molecule has 7 nitrogen and oxygen atoms in total. The van der Waals surface area contributed by atoms with Crippen molar-refractivity contribution in [2.24, 2.45) is 0 Å². The molecule has 1 amide bonds. The normalized spacial score (nSPS) is 15.3. The Labute approximate surface area is 195 Å². The summed E-state index contributed by atoms with van der Waals surface area (Å²) in [6.07, 6.45) is 0. The van der Waals surface area contributed by atoms with E-state index in [2.05, 4.69) is 41.2 Å². The van der Waals surface area contributed by atoms with Gasteiger partial charge in [0.2, 0.25) is 0 Å². The van der Waals surface area contributed by atoms with Crippen LogP contribution in [-0.2, 0) is 6.54 Å². The average molecular weight is 449 g/mol. The molecule has 33 heavy (non-hydrogen) atoms. The van der Waals surface area contributed by atoms with Crippen molar-refractivity contribution >= 4 is 5.91 Å². The number of ether oxygens (including phenoxy) is 2. The van der Waals surface area contributed by atoms with E-state index in [0.29, 0.717) is 37.1 Å². The Kier molecular flexibility index (Phi) is 6.99. The Balaban J connectivity index is 1.49. The summed E-state index contributed by atoms with van der Waals surface area (Å²) in [5, 5.41) is 4.62. The third kappa shape index (κ3) is 4.73. The highest BCUT2D eigenvalue weighted by Gasteiger charge is 2.27. The van der Waals surface area contributed by atoms with Crippen LogP contribution in [0.5, 0.6) is 11.5 Å². The van der Waals surface area contributed by atoms with Crippen molar-refractivity contribution in [2.45, 2.75) is 26.4 Å². The van der Waals surface area contributed by atoms with Gasteiger partial charge in [0.05, 0.1) is 19.9 Å². The minimum atomic E-state index is -0.0251. The quantitative estimate of drug-likeness (QED) is 0.545. The van der Waals surface area contributed by atoms with Crippen LogP contribution in [0.25, 0.3) is 11.3 Å². The summed E-state index contributed by atoms with van der Waals surface area (Å²) in [6, 6.07) is 18.4. The Hall–Kier alpha value is -3.32. The van der Waals surface area contributed by atoms with E-state index in [0.717, 1.165) is 30.1 Å². The van der Waals surface area contributed by atoms with Gasteiger partial charge < -0.3 is 14.4 Å². The Morgan fingerprint density at radius 1 is 1.00 bits per heavy atom. The predicted octanol–water partition coefficient (Wildman–Crippen LogP) is 4.11. The van der Waals surface area contributed by atoms with Crippen molar-refractivity contribution in [1.82, 2.24) is 19.6 Å². The molecule has 1 aliphatic heterocycles. The van der Waals surface area contributed by atoms with Gasteiger partial charge in [-0.2, -0.15) is 5.10 Å². The maximum atomic E-state index is 13.3. The molecule has 1 saturated heterocycles. The number of carbonyl (C=O) groups is 1. The van der Waals surface area contributed by atoms with Gasteiger partial charge in [-0.25, -0.2) is 0 Å². The van der Waals surface area contributed by atoms with Gasteiger partial charge in [0, 0.05) is 50.4 Å². The first-order chi connectivity index (χ1) is 16.0. The van der Waals surface area contributed by atoms with Gasteiger partial charge in [-0.3, -0.25) is 14.4 Å². The summed E-state index contributed by atoms with van der Waals surface area (Å²) < 4.78 is 12.7. The van der Waals surface area contributed by atoms with E-state index >= 15 is 0 Å². The monoisotopic (exact) mass is 448 g/mol. The topological polar surface area (TPSA) is 59.8 Å². The van der Waals surface area contributed by atoms with Crippen LogP contribution in [0.2, 0.25) is 0 Å². The molecule has 3 aromatic rings. The van der Waals surface area contributed by atoms with Crippen LogP contribution in [0.1, 0.15) is 35.9 Å². The van der Waals surface area contributed by atoms with Gasteiger partial charge in [-0.15, -0.1) is 0 Å². The van der Waals surface area contributed by atoms with Crippen molar-refractivity contribution in [3.8, 4) is 22.8 Å². The summed E-state index contributed by atoms with van der Waals surface area (Å²) >= 11 is 0. The number of aryl methyl sites for hydroxylation is 1. The Morgan fingerprint density at radius 3 is 2.36 bits per heavy atom. The second-order valence-electron chi connectivity index (χ2n) is 8.21. The number of hydrogen-bond donors (Lipinski definition) is 0. The standard InChI is InChI=1S/C26H32N4O3/c1-5-30-24(22-12-11-21(32-3)17-25(22)33-4)18-23(27-30)26(31)29-15-13-28(14-16-29)19(2)20-9-7-6-8-10-20/h6-12,17-19H,5,13-16H2,1-4H3/t19-/m1/s1. The zero-order chi connectivity index (χ0) is 23.4. The van der Waals surface area contributed by atoms with E-state index in [4.69, 9.17) is 9.47 Å². The maximum Gasteiger partial charge on any atom is 0.274 e. The first kappa shape index (κ1) is 22.9. The summed E-state index contributed by atoms with van der Waals surface area (Å²) in [6.45, 7) is 7.96. The minimum Gasteiger partial charge on any atom is -0.497 e. The number of aromatic nitrogens is 2. The molecule has 1 aromatic heterocycles. The van der Waals surface area contributed by atoms with Crippen LogP contribution in [-0.4, -0.2) is 65.9 Å². The zero-order valence-corrected chi connectivity index (χ0v) is 19.8. The van der Waals surface area contributed by atoms with Gasteiger partial charge in [0.15, 0.2) is 5.69 Å². The molecule has 1 aliphatic rings. The van der Waals surface area contributed by atoms with Crippen molar-refractivity contribution in [3.63, 3.8) is 0 Å². The lowest BCUT2D eigenvalue weighted by Gasteiger charge is -2.38. The molecule has 0 N–H and O–H groups in total. The first-order valence-electron chi connectivity index (χ1n) is 11.4. The molecule has 1 atom stereocenters. The molecule has 7 heteroatoms. The highest BCUT2D eigenvalue weighted by molar-refractivity contribution is 5.93. The Morgan fingerprint density at radius 2 is 1.73 bits per heavy atom. The third-order valence-electron chi connectivity index (χ3n) is 6.41. The second kappa shape index (κ2) is 10.1. The van der Waals surface area contributed by atoms with Crippen molar-refractivity contribution < 1.29 is 14.3 Å². The maximum absolute atomic E-state index is 13.3. The number of hydrogen-bond acceptors (Lipinski definition) is 5. The fraction of sp³-hybridized carbons (Fsp3) is 0.385. The predicted molar refractivity (Wildman–Crippen MR) is 129 cm³/mol. The molecule has 174 valence electrons. The van der Waals surface area contributed by atoms with E-state index in [-0.39, 0.29) is 5.91 Å². The van der Waals surface area contributed by atoms with Crippen LogP contribution in [0.4, 0.5) is 0 Å². The summed E-state index contributed by atoms with van der Waals surface area (Å²) in [5.74, 6) is 1.38. The van der Waals surface area contributed by atoms with Crippen LogP contribution in [0, 0.1) is 0 Å². The molecule has 0 bridgehead atoms. The number of piperazine rings is 1. The van der Waals surface area contributed by atoms with E-state index in [9.17, 15) is 4.79 Å². The number of nitrogens with zero attached hydrogens (tertiary/aromatic N) is 4. The second-order valence-corrected chi connectivity index (χ2v) is 8.21. The van der Waals surface area contributed by atoms with Crippen LogP contribution in [0.15, 0.2) is 54.6 Å². The first-order valence-corrected chi connectivity index (χ1v) is 11.4. The molecule has 0 radical (unpaired) electrons. The lowest BCUT2D eigenvalue weighted by atomic mass is 10.1. The average Bonchev–Trinajstić information content (AvgIpc) is 3.32. The number of rotatable bonds is 7. The van der Waals surface area contributed by atoms with Crippen LogP contribution in [0.3, 0.4) is 0 Å². The highest BCUT2D eigenvalue weighted by Crippen LogP contribution is 2.34. The fourth-order valence-electron chi connectivity index (χ4n) is 4.41. The van der Waals surface area contributed by atoms with Gasteiger partial charge in [-0.05, 0) is 37.6 Å². The van der Waals surface area contributed by atoms with Gasteiger partial charge in [-0.1, -0.05) is 30.3 Å². The van der Waals surface area contributed by atoms with Crippen molar-refractivity contribution in [1.29, 1.82) is 0 Å². The lowest BCUT2D eigenvalue weighted by Crippen LogP contribution is -2.49. The molecule has 0 spiro atoms. The summed E-state index contributed by atoms with van der Waals surface area (Å²) in [5.41, 5.74) is 3.51. The molecule has 0 unspecified atom stereocenters. The smallest absolute Gasteiger partial charge is 0.274 e. The molecule has 1 fully saturated rings. The molecule has 0 saturated carbocycles. The SMILES string of the molecule is CCn1nc(C(=O)N2CCN([C@H](C)c3ccccc3)CC2)cc1-c1ccc(OC)cc1OC. The van der Waals surface area contributed by atoms with Gasteiger partial charge in [0.1, 0.15) is 11.5 Å². The van der Waals surface area contributed by atoms with E-state index < -0.39 is 0 Å². The van der Waals surface area contributed by atoms with Crippen molar-refractivity contribution in [2.75, 3.05) is 40.4 Å². The van der Waals surface area contributed by atoms with Crippen LogP contribution < -0.4 is 9.47 Å². The fourth-order valence-corrected chi connectivity index (χ4v) is 4.41. The number of amides is 1. The Bertz CT molecular complexity index is 1090. The molecular formula is C26H32N4O3. The van der Waals surface area contributed by atoms with Crippen LogP contribution >= 0.6 is 0 Å². The summed E-state index contributed by atoms with van der Waals surface area (Å²) in [4.78, 5) is 17.6.